The lowest BCUT2D eigenvalue weighted by Crippen LogP contribution is -2.24. The van der Waals surface area contributed by atoms with Gasteiger partial charge in [-0.3, -0.25) is 0 Å². The van der Waals surface area contributed by atoms with Crippen LogP contribution in [0.3, 0.4) is 0 Å². The molecule has 0 atom stereocenters. The number of nitrogens with one attached hydrogen (secondary N) is 1. The van der Waals surface area contributed by atoms with E-state index in [1.807, 2.05) is 6.92 Å². The molecule has 2 heterocycles. The van der Waals surface area contributed by atoms with Crippen LogP contribution in [0.25, 0.3) is 0 Å². The number of aryl methyl sites for hydroxylation is 1. The Labute approximate surface area is 119 Å². The van der Waals surface area contributed by atoms with Gasteiger partial charge in [0.1, 0.15) is 5.01 Å². The summed E-state index contributed by atoms with van der Waals surface area (Å²) in [4.78, 5) is 19.3. The van der Waals surface area contributed by atoms with E-state index in [4.69, 9.17) is 5.11 Å². The smallest absolute Gasteiger partial charge is 0.337 e. The van der Waals surface area contributed by atoms with Crippen molar-refractivity contribution in [3.8, 4) is 0 Å². The van der Waals surface area contributed by atoms with Gasteiger partial charge >= 0.3 is 5.97 Å². The van der Waals surface area contributed by atoms with E-state index in [1.165, 1.54) is 17.4 Å². The zero-order valence-electron chi connectivity index (χ0n) is 10.4. The molecular formula is C11H11N3O4S2. The Morgan fingerprint density at radius 1 is 1.35 bits per heavy atom. The lowest BCUT2D eigenvalue weighted by atomic mass is 10.3. The highest BCUT2D eigenvalue weighted by Gasteiger charge is 2.16. The second kappa shape index (κ2) is 5.65. The maximum absolute atomic E-state index is 11.9. The van der Waals surface area contributed by atoms with Gasteiger partial charge in [-0.25, -0.2) is 27.9 Å². The minimum absolute atomic E-state index is 0.0699. The number of carboxylic acids is 1. The SMILES string of the molecule is Cc1cnc(CNS(=O)(=O)c2ccc(C(=O)O)cn2)s1. The number of aromatic nitrogens is 2. The Balaban J connectivity index is 2.11. The van der Waals surface area contributed by atoms with Crippen LogP contribution in [0, 0.1) is 6.92 Å². The molecule has 0 amide bonds. The van der Waals surface area contributed by atoms with E-state index in [0.717, 1.165) is 17.1 Å². The van der Waals surface area contributed by atoms with Gasteiger partial charge in [-0.05, 0) is 19.1 Å². The average Bonchev–Trinajstić information content (AvgIpc) is 2.82. The Morgan fingerprint density at radius 2 is 2.10 bits per heavy atom. The van der Waals surface area contributed by atoms with Gasteiger partial charge in [0.15, 0.2) is 5.03 Å². The van der Waals surface area contributed by atoms with Crippen molar-refractivity contribution in [2.24, 2.45) is 0 Å². The molecule has 0 saturated heterocycles. The van der Waals surface area contributed by atoms with Crippen LogP contribution in [0.5, 0.6) is 0 Å². The molecule has 2 N–H and O–H groups in total. The van der Waals surface area contributed by atoms with Gasteiger partial charge < -0.3 is 5.11 Å². The summed E-state index contributed by atoms with van der Waals surface area (Å²) in [6, 6.07) is 2.34. The molecule has 2 aromatic rings. The zero-order chi connectivity index (χ0) is 14.8. The van der Waals surface area contributed by atoms with Gasteiger partial charge in [0.05, 0.1) is 12.1 Å². The Morgan fingerprint density at radius 3 is 2.60 bits per heavy atom. The van der Waals surface area contributed by atoms with Gasteiger partial charge in [0.25, 0.3) is 10.0 Å². The third kappa shape index (κ3) is 3.38. The van der Waals surface area contributed by atoms with Crippen LogP contribution in [-0.4, -0.2) is 29.5 Å². The summed E-state index contributed by atoms with van der Waals surface area (Å²) in [7, 11) is -3.78. The number of hydrogen-bond acceptors (Lipinski definition) is 6. The number of sulfonamides is 1. The second-order valence-electron chi connectivity index (χ2n) is 3.88. The number of nitrogens with zero attached hydrogens (tertiary/aromatic N) is 2. The van der Waals surface area contributed by atoms with Crippen molar-refractivity contribution in [3.63, 3.8) is 0 Å². The molecular weight excluding hydrogens is 302 g/mol. The summed E-state index contributed by atoms with van der Waals surface area (Å²) in [5.74, 6) is -1.16. The van der Waals surface area contributed by atoms with E-state index in [-0.39, 0.29) is 17.1 Å². The first-order valence-electron chi connectivity index (χ1n) is 5.49. The van der Waals surface area contributed by atoms with Gasteiger partial charge in [-0.1, -0.05) is 0 Å². The topological polar surface area (TPSA) is 109 Å². The molecule has 2 aromatic heterocycles. The molecule has 0 fully saturated rings. The first-order chi connectivity index (χ1) is 9.38. The summed E-state index contributed by atoms with van der Waals surface area (Å²) in [6.45, 7) is 1.95. The highest BCUT2D eigenvalue weighted by molar-refractivity contribution is 7.89. The summed E-state index contributed by atoms with van der Waals surface area (Å²) >= 11 is 1.39. The van der Waals surface area contributed by atoms with E-state index in [1.54, 1.807) is 6.20 Å². The average molecular weight is 313 g/mol. The normalized spacial score (nSPS) is 11.4. The molecule has 0 aliphatic carbocycles. The van der Waals surface area contributed by atoms with Crippen LogP contribution in [0.15, 0.2) is 29.6 Å². The number of thiazole rings is 1. The summed E-state index contributed by atoms with van der Waals surface area (Å²) in [5, 5.41) is 9.14. The fraction of sp³-hybridized carbons (Fsp3) is 0.182. The molecule has 7 nitrogen and oxygen atoms in total. The van der Waals surface area contributed by atoms with Crippen LogP contribution >= 0.6 is 11.3 Å². The van der Waals surface area contributed by atoms with Crippen LogP contribution in [-0.2, 0) is 16.6 Å². The van der Waals surface area contributed by atoms with Gasteiger partial charge in [0.2, 0.25) is 0 Å². The highest BCUT2D eigenvalue weighted by Crippen LogP contribution is 2.12. The largest absolute Gasteiger partial charge is 0.478 e. The summed E-state index contributed by atoms with van der Waals surface area (Å²) in [6.07, 6.45) is 2.67. The third-order valence-corrected chi connectivity index (χ3v) is 4.57. The second-order valence-corrected chi connectivity index (χ2v) is 6.91. The fourth-order valence-electron chi connectivity index (χ4n) is 1.38. The molecule has 0 spiro atoms. The first-order valence-corrected chi connectivity index (χ1v) is 7.79. The van der Waals surface area contributed by atoms with Crippen LogP contribution in [0.2, 0.25) is 0 Å². The maximum atomic E-state index is 11.9. The number of pyridine rings is 1. The number of rotatable bonds is 5. The predicted octanol–water partition coefficient (Wildman–Crippen LogP) is 1.02. The maximum Gasteiger partial charge on any atom is 0.337 e. The molecule has 0 aliphatic heterocycles. The van der Waals surface area contributed by atoms with Crippen LogP contribution < -0.4 is 4.72 Å². The number of carbonyl (C=O) groups is 1. The fourth-order valence-corrected chi connectivity index (χ4v) is 3.11. The minimum atomic E-state index is -3.78. The summed E-state index contributed by atoms with van der Waals surface area (Å²) in [5.41, 5.74) is -0.0699. The van der Waals surface area contributed by atoms with E-state index in [9.17, 15) is 13.2 Å². The van der Waals surface area contributed by atoms with E-state index < -0.39 is 16.0 Å². The number of carboxylic acid groups (broad SMARTS) is 1. The Bertz CT molecular complexity index is 722. The van der Waals surface area contributed by atoms with Crippen molar-refractivity contribution in [1.82, 2.24) is 14.7 Å². The van der Waals surface area contributed by atoms with Gasteiger partial charge in [-0.15, -0.1) is 11.3 Å². The lowest BCUT2D eigenvalue weighted by Gasteiger charge is -2.04. The van der Waals surface area contributed by atoms with Crippen molar-refractivity contribution in [2.45, 2.75) is 18.5 Å². The van der Waals surface area contributed by atoms with Crippen molar-refractivity contribution in [1.29, 1.82) is 0 Å². The molecule has 0 aliphatic rings. The van der Waals surface area contributed by atoms with Gasteiger partial charge in [0, 0.05) is 17.3 Å². The Hall–Kier alpha value is -1.84. The first kappa shape index (κ1) is 14.6. The molecule has 2 rings (SSSR count). The molecule has 106 valence electrons. The molecule has 0 unspecified atom stereocenters. The molecule has 9 heteroatoms. The molecule has 0 radical (unpaired) electrons. The Kier molecular flexibility index (Phi) is 4.12. The molecule has 0 saturated carbocycles. The van der Waals surface area contributed by atoms with E-state index in [0.29, 0.717) is 5.01 Å². The monoisotopic (exact) mass is 313 g/mol. The number of hydrogen-bond donors (Lipinski definition) is 2. The molecule has 0 aromatic carbocycles. The van der Waals surface area contributed by atoms with Crippen LogP contribution in [0.1, 0.15) is 20.2 Å². The highest BCUT2D eigenvalue weighted by atomic mass is 32.2. The number of aromatic carboxylic acids is 1. The van der Waals surface area contributed by atoms with Crippen molar-refractivity contribution < 1.29 is 18.3 Å². The molecule has 0 bridgehead atoms. The van der Waals surface area contributed by atoms with Crippen molar-refractivity contribution in [2.75, 3.05) is 0 Å². The van der Waals surface area contributed by atoms with E-state index in [2.05, 4.69) is 14.7 Å². The minimum Gasteiger partial charge on any atom is -0.478 e. The van der Waals surface area contributed by atoms with Gasteiger partial charge in [-0.2, -0.15) is 0 Å². The molecule has 20 heavy (non-hydrogen) atoms. The third-order valence-electron chi connectivity index (χ3n) is 2.34. The van der Waals surface area contributed by atoms with Crippen LogP contribution in [0.4, 0.5) is 0 Å². The van der Waals surface area contributed by atoms with Crippen molar-refractivity contribution >= 4 is 27.3 Å². The predicted molar refractivity (Wildman–Crippen MR) is 72.1 cm³/mol. The standard InChI is InChI=1S/C11H11N3O4S2/c1-7-4-12-9(19-7)6-14-20(17,18)10-3-2-8(5-13-10)11(15)16/h2-5,14H,6H2,1H3,(H,15,16). The zero-order valence-corrected chi connectivity index (χ0v) is 12.0. The summed E-state index contributed by atoms with van der Waals surface area (Å²) < 4.78 is 26.3. The van der Waals surface area contributed by atoms with E-state index >= 15 is 0 Å². The lowest BCUT2D eigenvalue weighted by molar-refractivity contribution is 0.0696. The quantitative estimate of drug-likeness (QED) is 0.853. The van der Waals surface area contributed by atoms with Crippen molar-refractivity contribution in [3.05, 3.63) is 40.0 Å².